The number of H-pyrrole nitrogens is 1. The topological polar surface area (TPSA) is 148 Å². The van der Waals surface area contributed by atoms with Gasteiger partial charge in [-0.15, -0.1) is 10.2 Å². The number of tetrazole rings is 1. The highest BCUT2D eigenvalue weighted by atomic mass is 16.2. The van der Waals surface area contributed by atoms with E-state index < -0.39 is 6.04 Å². The first-order chi connectivity index (χ1) is 16.5. The molecule has 11 nitrogen and oxygen atoms in total. The van der Waals surface area contributed by atoms with E-state index >= 15 is 0 Å². The van der Waals surface area contributed by atoms with E-state index in [9.17, 15) is 14.9 Å². The summed E-state index contributed by atoms with van der Waals surface area (Å²) >= 11 is 0. The molecule has 34 heavy (non-hydrogen) atoms. The van der Waals surface area contributed by atoms with Crippen LogP contribution >= 0.6 is 0 Å². The van der Waals surface area contributed by atoms with Crippen molar-refractivity contribution in [2.75, 3.05) is 13.1 Å². The number of hydrogen-bond donors (Lipinski definition) is 2. The maximum Gasteiger partial charge on any atom is 0.242 e. The van der Waals surface area contributed by atoms with Crippen molar-refractivity contribution < 1.29 is 9.59 Å². The quantitative estimate of drug-likeness (QED) is 0.613. The van der Waals surface area contributed by atoms with Crippen LogP contribution in [0.5, 0.6) is 0 Å². The maximum absolute atomic E-state index is 13.3. The second-order valence-corrected chi connectivity index (χ2v) is 9.93. The number of hydrogen-bond acceptors (Lipinski definition) is 8. The SMILES string of the molecule is C[C@H](c1ccc(-c2nn[nH]n2)cc1)N1C(=O)[C@@H]2CC1CN2C[C@H](N)C(=O)N1[C@H](C#N)C[C@@H]2C[C@@H]21. The van der Waals surface area contributed by atoms with Gasteiger partial charge < -0.3 is 15.5 Å². The second kappa shape index (κ2) is 7.85. The van der Waals surface area contributed by atoms with Gasteiger partial charge in [0.05, 0.1) is 24.2 Å². The number of carbonyl (C=O) groups excluding carboxylic acids is 2. The third-order valence-corrected chi connectivity index (χ3v) is 7.98. The molecule has 2 bridgehead atoms. The van der Waals surface area contributed by atoms with Crippen LogP contribution in [0, 0.1) is 17.2 Å². The van der Waals surface area contributed by atoms with Crippen molar-refractivity contribution in [3.8, 4) is 17.5 Å². The van der Waals surface area contributed by atoms with Gasteiger partial charge in [0.1, 0.15) is 6.04 Å². The molecule has 3 N–H and O–H groups in total. The van der Waals surface area contributed by atoms with Crippen LogP contribution < -0.4 is 5.73 Å². The van der Waals surface area contributed by atoms with Crippen molar-refractivity contribution >= 4 is 11.8 Å². The Morgan fingerprint density at radius 1 is 1.29 bits per heavy atom. The number of nitrogens with two attached hydrogens (primary N) is 1. The van der Waals surface area contributed by atoms with Crippen LogP contribution in [0.1, 0.15) is 37.8 Å². The van der Waals surface area contributed by atoms with Gasteiger partial charge in [-0.05, 0) is 42.9 Å². The lowest BCUT2D eigenvalue weighted by molar-refractivity contribution is -0.141. The van der Waals surface area contributed by atoms with Crippen LogP contribution in [0.4, 0.5) is 0 Å². The number of aromatic amines is 1. The highest BCUT2D eigenvalue weighted by Crippen LogP contribution is 2.48. The average molecular weight is 462 g/mol. The van der Waals surface area contributed by atoms with Crippen LogP contribution in [-0.2, 0) is 9.59 Å². The number of rotatable bonds is 6. The summed E-state index contributed by atoms with van der Waals surface area (Å²) in [4.78, 5) is 32.0. The van der Waals surface area contributed by atoms with E-state index in [0.717, 1.165) is 30.4 Å². The minimum Gasteiger partial charge on any atom is -0.330 e. The van der Waals surface area contributed by atoms with Crippen molar-refractivity contribution in [3.63, 3.8) is 0 Å². The van der Waals surface area contributed by atoms with E-state index in [-0.39, 0.29) is 42.0 Å². The Hall–Kier alpha value is -3.36. The zero-order valence-electron chi connectivity index (χ0n) is 18.9. The lowest BCUT2D eigenvalue weighted by atomic mass is 10.0. The molecule has 6 rings (SSSR count). The number of nitriles is 1. The van der Waals surface area contributed by atoms with Crippen LogP contribution in [0.3, 0.4) is 0 Å². The summed E-state index contributed by atoms with van der Waals surface area (Å²) in [6.45, 7) is 3.10. The minimum atomic E-state index is -0.717. The first-order valence-corrected chi connectivity index (χ1v) is 11.8. The molecule has 1 aliphatic carbocycles. The summed E-state index contributed by atoms with van der Waals surface area (Å²) in [5.74, 6) is 0.924. The molecule has 2 amide bonds. The fourth-order valence-corrected chi connectivity index (χ4v) is 6.17. The molecule has 3 aliphatic heterocycles. The highest BCUT2D eigenvalue weighted by Gasteiger charge is 2.56. The summed E-state index contributed by atoms with van der Waals surface area (Å²) in [5.41, 5.74) is 8.21. The average Bonchev–Trinajstić information content (AvgIpc) is 3.28. The fourth-order valence-electron chi connectivity index (χ4n) is 6.17. The summed E-state index contributed by atoms with van der Waals surface area (Å²) in [6.07, 6.45) is 2.49. The largest absolute Gasteiger partial charge is 0.330 e. The lowest BCUT2D eigenvalue weighted by Crippen LogP contribution is -2.57. The number of piperidine rings is 1. The number of carbonyl (C=O) groups is 2. The molecule has 176 valence electrons. The van der Waals surface area contributed by atoms with Gasteiger partial charge in [-0.25, -0.2) is 0 Å². The normalized spacial score (nSPS) is 31.4. The highest BCUT2D eigenvalue weighted by molar-refractivity contribution is 5.87. The molecule has 4 aliphatic rings. The van der Waals surface area contributed by atoms with Crippen molar-refractivity contribution in [1.29, 1.82) is 5.26 Å². The zero-order chi connectivity index (χ0) is 23.6. The number of piperazine rings is 1. The van der Waals surface area contributed by atoms with Crippen molar-refractivity contribution in [1.82, 2.24) is 35.3 Å². The third-order valence-electron chi connectivity index (χ3n) is 7.98. The first kappa shape index (κ1) is 21.2. The van der Waals surface area contributed by atoms with Gasteiger partial charge >= 0.3 is 0 Å². The molecule has 4 fully saturated rings. The molecular weight excluding hydrogens is 434 g/mol. The molecule has 2 aromatic rings. The number of fused-ring (bicyclic) bond motifs is 3. The van der Waals surface area contributed by atoms with Crippen LogP contribution in [0.15, 0.2) is 24.3 Å². The summed E-state index contributed by atoms with van der Waals surface area (Å²) < 4.78 is 0. The summed E-state index contributed by atoms with van der Waals surface area (Å²) in [6, 6.07) is 9.00. The van der Waals surface area contributed by atoms with Crippen molar-refractivity contribution in [3.05, 3.63) is 29.8 Å². The van der Waals surface area contributed by atoms with E-state index in [1.807, 2.05) is 36.1 Å². The Morgan fingerprint density at radius 3 is 2.76 bits per heavy atom. The van der Waals surface area contributed by atoms with Gasteiger partial charge in [0.15, 0.2) is 0 Å². The summed E-state index contributed by atoms with van der Waals surface area (Å²) in [7, 11) is 0. The Balaban J connectivity index is 1.10. The van der Waals surface area contributed by atoms with E-state index in [1.165, 1.54) is 0 Å². The van der Waals surface area contributed by atoms with Gasteiger partial charge in [0.25, 0.3) is 0 Å². The number of benzene rings is 1. The molecule has 1 unspecified atom stereocenters. The Morgan fingerprint density at radius 2 is 2.09 bits per heavy atom. The van der Waals surface area contributed by atoms with E-state index in [2.05, 4.69) is 31.6 Å². The van der Waals surface area contributed by atoms with Crippen LogP contribution in [-0.4, -0.2) is 90.4 Å². The monoisotopic (exact) mass is 461 g/mol. The molecule has 4 heterocycles. The van der Waals surface area contributed by atoms with E-state index in [4.69, 9.17) is 5.73 Å². The fraction of sp³-hybridized carbons (Fsp3) is 0.565. The molecule has 0 radical (unpaired) electrons. The molecule has 1 saturated carbocycles. The zero-order valence-corrected chi connectivity index (χ0v) is 18.9. The number of nitrogens with zero attached hydrogens (tertiary/aromatic N) is 7. The van der Waals surface area contributed by atoms with Crippen LogP contribution in [0.2, 0.25) is 0 Å². The molecule has 0 spiro atoms. The smallest absolute Gasteiger partial charge is 0.242 e. The van der Waals surface area contributed by atoms with Crippen molar-refractivity contribution in [2.45, 2.75) is 62.4 Å². The molecule has 3 saturated heterocycles. The van der Waals surface area contributed by atoms with Crippen molar-refractivity contribution in [2.24, 2.45) is 11.7 Å². The minimum absolute atomic E-state index is 0.0629. The number of aromatic nitrogens is 4. The van der Waals surface area contributed by atoms with E-state index in [0.29, 0.717) is 24.8 Å². The van der Waals surface area contributed by atoms with E-state index in [1.54, 1.807) is 4.90 Å². The second-order valence-electron chi connectivity index (χ2n) is 9.93. The predicted molar refractivity (Wildman–Crippen MR) is 119 cm³/mol. The van der Waals surface area contributed by atoms with Gasteiger partial charge in [0, 0.05) is 30.7 Å². The third kappa shape index (κ3) is 3.28. The Kier molecular flexibility index (Phi) is 4.89. The predicted octanol–water partition coefficient (Wildman–Crippen LogP) is 0.0531. The van der Waals surface area contributed by atoms with Gasteiger partial charge in [-0.2, -0.15) is 10.5 Å². The van der Waals surface area contributed by atoms with Gasteiger partial charge in [-0.3, -0.25) is 14.5 Å². The number of likely N-dealkylation sites (tertiary alicyclic amines) is 3. The number of nitrogens with one attached hydrogen (secondary N) is 1. The molecule has 1 aromatic carbocycles. The molecular formula is C23H27N9O2. The lowest BCUT2D eigenvalue weighted by Gasteiger charge is -2.38. The Labute approximate surface area is 196 Å². The standard InChI is InChI=1S/C23H27N9O2/c1-12(13-2-4-14(5-3-13)21-26-28-29-27-21)31-17-8-20(23(31)34)30(10-17)11-18(25)22(33)32-16(9-24)6-15-7-19(15)32/h2-5,12,15-20H,6-8,10-11,25H2,1H3,(H,26,27,28,29)/t12-,15-,16+,17?,18+,19+,20+/m1/s1. The first-order valence-electron chi connectivity index (χ1n) is 11.8. The maximum atomic E-state index is 13.3. The Bertz CT molecular complexity index is 1140. The molecule has 11 heteroatoms. The molecule has 1 aromatic heterocycles. The van der Waals surface area contributed by atoms with Crippen LogP contribution in [0.25, 0.3) is 11.4 Å². The molecule has 7 atom stereocenters. The number of amides is 2. The summed E-state index contributed by atoms with van der Waals surface area (Å²) in [5, 5.41) is 23.4. The van der Waals surface area contributed by atoms with Gasteiger partial charge in [-0.1, -0.05) is 24.3 Å². The van der Waals surface area contributed by atoms with Gasteiger partial charge in [0.2, 0.25) is 17.6 Å².